The first-order valence-electron chi connectivity index (χ1n) is 6.68. The summed E-state index contributed by atoms with van der Waals surface area (Å²) < 4.78 is 65.0. The zero-order valence-electron chi connectivity index (χ0n) is 12.7. The molecule has 0 aromatic heterocycles. The predicted octanol–water partition coefficient (Wildman–Crippen LogP) is 4.44. The molecule has 0 radical (unpaired) electrons. The average Bonchev–Trinajstić information content (AvgIpc) is 2.43. The van der Waals surface area contributed by atoms with Crippen LogP contribution in [0.5, 0.6) is 0 Å². The number of benzene rings is 2. The quantitative estimate of drug-likeness (QED) is 0.827. The average molecular weight is 379 g/mol. The van der Waals surface area contributed by atoms with Gasteiger partial charge in [-0.2, -0.15) is 13.2 Å². The largest absolute Gasteiger partial charge is 0.417 e. The summed E-state index contributed by atoms with van der Waals surface area (Å²) in [5, 5.41) is 2.53. The first kappa shape index (κ1) is 18.4. The number of sulfonamides is 1. The number of nitrogens with one attached hydrogen (secondary N) is 2. The van der Waals surface area contributed by atoms with Gasteiger partial charge in [-0.25, -0.2) is 8.42 Å². The smallest absolute Gasteiger partial charge is 0.388 e. The SMILES string of the molecule is CNc1cc(Cl)c(-c2cccc(NS(C)(=O)=O)c2)c(C(F)(F)F)c1. The van der Waals surface area contributed by atoms with Crippen LogP contribution in [0.25, 0.3) is 11.1 Å². The van der Waals surface area contributed by atoms with E-state index in [9.17, 15) is 21.6 Å². The second kappa shape index (κ2) is 6.52. The van der Waals surface area contributed by atoms with E-state index in [1.54, 1.807) is 0 Å². The molecule has 0 saturated carbocycles. The van der Waals surface area contributed by atoms with Gasteiger partial charge in [0.25, 0.3) is 0 Å². The molecule has 0 aliphatic carbocycles. The minimum atomic E-state index is -4.62. The van der Waals surface area contributed by atoms with E-state index in [0.29, 0.717) is 0 Å². The van der Waals surface area contributed by atoms with Crippen LogP contribution in [-0.2, 0) is 16.2 Å². The molecule has 130 valence electrons. The molecule has 2 aromatic carbocycles. The molecular formula is C15H14ClF3N2O2S. The number of hydrogen-bond donors (Lipinski definition) is 2. The van der Waals surface area contributed by atoms with Crippen molar-refractivity contribution in [3.8, 4) is 11.1 Å². The van der Waals surface area contributed by atoms with Crippen molar-refractivity contribution >= 4 is 33.0 Å². The Morgan fingerprint density at radius 3 is 2.29 bits per heavy atom. The zero-order valence-corrected chi connectivity index (χ0v) is 14.3. The normalized spacial score (nSPS) is 12.1. The Morgan fingerprint density at radius 2 is 1.75 bits per heavy atom. The summed E-state index contributed by atoms with van der Waals surface area (Å²) in [6, 6.07) is 7.96. The molecule has 4 nitrogen and oxygen atoms in total. The number of rotatable bonds is 4. The van der Waals surface area contributed by atoms with Gasteiger partial charge in [0.15, 0.2) is 0 Å². The highest BCUT2D eigenvalue weighted by molar-refractivity contribution is 7.92. The fourth-order valence-electron chi connectivity index (χ4n) is 2.22. The lowest BCUT2D eigenvalue weighted by molar-refractivity contribution is -0.137. The fraction of sp³-hybridized carbons (Fsp3) is 0.200. The lowest BCUT2D eigenvalue weighted by atomic mass is 9.98. The Balaban J connectivity index is 2.66. The van der Waals surface area contributed by atoms with Gasteiger partial charge in [-0.05, 0) is 29.8 Å². The van der Waals surface area contributed by atoms with Crippen molar-refractivity contribution in [2.45, 2.75) is 6.18 Å². The molecule has 0 heterocycles. The molecule has 0 amide bonds. The van der Waals surface area contributed by atoms with Gasteiger partial charge in [-0.3, -0.25) is 4.72 Å². The first-order valence-corrected chi connectivity index (χ1v) is 8.95. The van der Waals surface area contributed by atoms with Crippen LogP contribution in [-0.4, -0.2) is 21.7 Å². The van der Waals surface area contributed by atoms with Crippen LogP contribution in [0.2, 0.25) is 5.02 Å². The highest BCUT2D eigenvalue weighted by Crippen LogP contribution is 2.43. The van der Waals surface area contributed by atoms with Gasteiger partial charge >= 0.3 is 6.18 Å². The molecule has 0 aliphatic heterocycles. The molecule has 0 unspecified atom stereocenters. The number of anilines is 2. The Hall–Kier alpha value is -1.93. The minimum absolute atomic E-state index is 0.0920. The molecule has 9 heteroatoms. The van der Waals surface area contributed by atoms with E-state index in [2.05, 4.69) is 10.0 Å². The zero-order chi connectivity index (χ0) is 18.1. The van der Waals surface area contributed by atoms with Gasteiger partial charge in [0.1, 0.15) is 0 Å². The van der Waals surface area contributed by atoms with E-state index in [-0.39, 0.29) is 27.5 Å². The summed E-state index contributed by atoms with van der Waals surface area (Å²) in [6.45, 7) is 0. The Morgan fingerprint density at radius 1 is 1.08 bits per heavy atom. The predicted molar refractivity (Wildman–Crippen MR) is 89.9 cm³/mol. The van der Waals surface area contributed by atoms with Crippen molar-refractivity contribution in [2.24, 2.45) is 0 Å². The Labute approximate surface area is 142 Å². The second-order valence-corrected chi connectivity index (χ2v) is 7.24. The van der Waals surface area contributed by atoms with E-state index in [0.717, 1.165) is 12.3 Å². The molecule has 0 saturated heterocycles. The minimum Gasteiger partial charge on any atom is -0.388 e. The molecule has 2 N–H and O–H groups in total. The summed E-state index contributed by atoms with van der Waals surface area (Å²) in [4.78, 5) is 0. The molecular weight excluding hydrogens is 365 g/mol. The molecule has 0 atom stereocenters. The van der Waals surface area contributed by atoms with Gasteiger partial charge in [-0.15, -0.1) is 0 Å². The molecule has 2 rings (SSSR count). The molecule has 2 aromatic rings. The van der Waals surface area contributed by atoms with E-state index in [1.807, 2.05) is 0 Å². The van der Waals surface area contributed by atoms with Crippen LogP contribution >= 0.6 is 11.6 Å². The van der Waals surface area contributed by atoms with Crippen molar-refractivity contribution in [2.75, 3.05) is 23.3 Å². The summed E-state index contributed by atoms with van der Waals surface area (Å²) in [5.74, 6) is 0. The van der Waals surface area contributed by atoms with E-state index in [4.69, 9.17) is 11.6 Å². The standard InChI is InChI=1S/C15H14ClF3N2O2S/c1-20-11-7-12(15(17,18)19)14(13(16)8-11)9-4-3-5-10(6-9)21-24(2,22)23/h3-8,20-21H,1-2H3. The fourth-order valence-corrected chi connectivity index (χ4v) is 3.10. The lowest BCUT2D eigenvalue weighted by Crippen LogP contribution is -2.10. The Bertz CT molecular complexity index is 868. The van der Waals surface area contributed by atoms with Gasteiger partial charge < -0.3 is 5.32 Å². The van der Waals surface area contributed by atoms with Crippen LogP contribution < -0.4 is 10.0 Å². The highest BCUT2D eigenvalue weighted by atomic mass is 35.5. The van der Waals surface area contributed by atoms with E-state index >= 15 is 0 Å². The molecule has 0 aliphatic rings. The molecule has 0 bridgehead atoms. The maximum atomic E-state index is 13.4. The lowest BCUT2D eigenvalue weighted by Gasteiger charge is -2.17. The first-order chi connectivity index (χ1) is 11.0. The summed E-state index contributed by atoms with van der Waals surface area (Å²) in [5.41, 5.74) is -0.585. The van der Waals surface area contributed by atoms with Crippen LogP contribution in [0.4, 0.5) is 24.5 Å². The number of hydrogen-bond acceptors (Lipinski definition) is 3. The summed E-state index contributed by atoms with van der Waals surface area (Å²) >= 11 is 6.06. The monoisotopic (exact) mass is 378 g/mol. The van der Waals surface area contributed by atoms with Crippen molar-refractivity contribution < 1.29 is 21.6 Å². The topological polar surface area (TPSA) is 58.2 Å². The highest BCUT2D eigenvalue weighted by Gasteiger charge is 2.35. The third kappa shape index (κ3) is 4.33. The molecule has 24 heavy (non-hydrogen) atoms. The van der Waals surface area contributed by atoms with Gasteiger partial charge in [0.05, 0.1) is 16.8 Å². The van der Waals surface area contributed by atoms with Crippen LogP contribution in [0.15, 0.2) is 36.4 Å². The van der Waals surface area contributed by atoms with Gasteiger partial charge in [0.2, 0.25) is 10.0 Å². The molecule has 0 spiro atoms. The third-order valence-corrected chi connectivity index (χ3v) is 4.04. The van der Waals surface area contributed by atoms with Crippen LogP contribution in [0, 0.1) is 0 Å². The van der Waals surface area contributed by atoms with Gasteiger partial charge in [0, 0.05) is 24.0 Å². The van der Waals surface area contributed by atoms with Crippen LogP contribution in [0.1, 0.15) is 5.56 Å². The third-order valence-electron chi connectivity index (χ3n) is 3.14. The maximum absolute atomic E-state index is 13.4. The van der Waals surface area contributed by atoms with Crippen molar-refractivity contribution in [3.63, 3.8) is 0 Å². The van der Waals surface area contributed by atoms with E-state index in [1.165, 1.54) is 37.4 Å². The van der Waals surface area contributed by atoms with Crippen LogP contribution in [0.3, 0.4) is 0 Å². The number of halogens is 4. The van der Waals surface area contributed by atoms with E-state index < -0.39 is 21.8 Å². The van der Waals surface area contributed by atoms with Crippen molar-refractivity contribution in [1.29, 1.82) is 0 Å². The van der Waals surface area contributed by atoms with Crippen molar-refractivity contribution in [3.05, 3.63) is 47.0 Å². The van der Waals surface area contributed by atoms with Gasteiger partial charge in [-0.1, -0.05) is 23.7 Å². The van der Waals surface area contributed by atoms with Crippen molar-refractivity contribution in [1.82, 2.24) is 0 Å². The number of alkyl halides is 3. The molecule has 0 fully saturated rings. The maximum Gasteiger partial charge on any atom is 0.417 e. The Kier molecular flexibility index (Phi) is 5.00. The summed E-state index contributed by atoms with van der Waals surface area (Å²) in [6.07, 6.45) is -3.67. The second-order valence-electron chi connectivity index (χ2n) is 5.08. The summed E-state index contributed by atoms with van der Waals surface area (Å²) in [7, 11) is -2.06.